The summed E-state index contributed by atoms with van der Waals surface area (Å²) in [4.78, 5) is 0. The highest BCUT2D eigenvalue weighted by Crippen LogP contribution is 2.36. The molecule has 0 amide bonds. The summed E-state index contributed by atoms with van der Waals surface area (Å²) in [5.74, 6) is -9.77. The third-order valence-corrected chi connectivity index (χ3v) is 6.04. The van der Waals surface area contributed by atoms with Gasteiger partial charge < -0.3 is 0 Å². The van der Waals surface area contributed by atoms with Crippen LogP contribution in [0.25, 0.3) is 33.4 Å². The molecule has 186 valence electrons. The van der Waals surface area contributed by atoms with Crippen molar-refractivity contribution in [2.45, 2.75) is 32.6 Å². The molecule has 0 radical (unpaired) electrons. The molecule has 0 fully saturated rings. The van der Waals surface area contributed by atoms with Gasteiger partial charge in [-0.05, 0) is 59.4 Å². The number of rotatable bonds is 7. The van der Waals surface area contributed by atoms with Crippen LogP contribution in [0.4, 0.5) is 30.7 Å². The normalized spacial score (nSPS) is 11.2. The lowest BCUT2D eigenvalue weighted by atomic mass is 9.95. The third-order valence-electron chi connectivity index (χ3n) is 6.04. The van der Waals surface area contributed by atoms with Crippen LogP contribution >= 0.6 is 0 Å². The van der Waals surface area contributed by atoms with Crippen molar-refractivity contribution in [3.8, 4) is 33.4 Å². The zero-order valence-electron chi connectivity index (χ0n) is 19.2. The fourth-order valence-corrected chi connectivity index (χ4v) is 4.13. The lowest BCUT2D eigenvalue weighted by Gasteiger charge is -2.12. The van der Waals surface area contributed by atoms with Crippen LogP contribution < -0.4 is 0 Å². The minimum Gasteiger partial charge on any atom is -0.206 e. The maximum atomic E-state index is 15.0. The van der Waals surface area contributed by atoms with Gasteiger partial charge in [0.2, 0.25) is 0 Å². The van der Waals surface area contributed by atoms with Crippen molar-refractivity contribution in [2.75, 3.05) is 0 Å². The summed E-state index contributed by atoms with van der Waals surface area (Å²) < 4.78 is 99.9. The van der Waals surface area contributed by atoms with Crippen LogP contribution in [0.5, 0.6) is 0 Å². The molecule has 0 nitrogen and oxygen atoms in total. The van der Waals surface area contributed by atoms with Crippen molar-refractivity contribution < 1.29 is 30.7 Å². The molecule has 7 heteroatoms. The number of halogens is 7. The first-order chi connectivity index (χ1) is 17.2. The molecule has 0 atom stereocenters. The molecule has 0 spiro atoms. The lowest BCUT2D eigenvalue weighted by molar-refractivity contribution is 0.447. The number of unbranched alkanes of at least 4 members (excludes halogenated alkanes) is 2. The summed E-state index contributed by atoms with van der Waals surface area (Å²) in [5.41, 5.74) is -0.625. The molecule has 0 aliphatic carbocycles. The predicted molar refractivity (Wildman–Crippen MR) is 126 cm³/mol. The van der Waals surface area contributed by atoms with Gasteiger partial charge in [-0.2, -0.15) is 0 Å². The minimum atomic E-state index is -1.74. The molecular weight excluding hydrogens is 481 g/mol. The van der Waals surface area contributed by atoms with E-state index in [0.29, 0.717) is 17.7 Å². The second-order valence-corrected chi connectivity index (χ2v) is 8.51. The molecular formula is C29H21F7. The predicted octanol–water partition coefficient (Wildman–Crippen LogP) is 9.39. The molecule has 4 rings (SSSR count). The summed E-state index contributed by atoms with van der Waals surface area (Å²) in [6, 6.07) is 11.7. The molecule has 4 aromatic rings. The Hall–Kier alpha value is -3.61. The monoisotopic (exact) mass is 502 g/mol. The fraction of sp³-hybridized carbons (Fsp3) is 0.172. The summed E-state index contributed by atoms with van der Waals surface area (Å²) in [7, 11) is 0. The van der Waals surface area contributed by atoms with E-state index in [-0.39, 0.29) is 11.1 Å². The molecule has 4 aromatic carbocycles. The Morgan fingerprint density at radius 3 is 1.44 bits per heavy atom. The van der Waals surface area contributed by atoms with Gasteiger partial charge in [0, 0.05) is 11.1 Å². The van der Waals surface area contributed by atoms with E-state index >= 15 is 0 Å². The second-order valence-electron chi connectivity index (χ2n) is 8.51. The Balaban J connectivity index is 1.68. The molecule has 0 bridgehead atoms. The van der Waals surface area contributed by atoms with Gasteiger partial charge >= 0.3 is 0 Å². The molecule has 0 saturated carbocycles. The van der Waals surface area contributed by atoms with E-state index in [1.54, 1.807) is 24.3 Å². The van der Waals surface area contributed by atoms with Gasteiger partial charge in [-0.1, -0.05) is 56.2 Å². The van der Waals surface area contributed by atoms with Crippen LogP contribution in [0.15, 0.2) is 60.7 Å². The molecule has 0 aromatic heterocycles. The minimum absolute atomic E-state index is 0.260. The highest BCUT2D eigenvalue weighted by atomic mass is 19.2. The van der Waals surface area contributed by atoms with E-state index in [4.69, 9.17) is 0 Å². The van der Waals surface area contributed by atoms with Gasteiger partial charge in [-0.3, -0.25) is 0 Å². The lowest BCUT2D eigenvalue weighted by Crippen LogP contribution is -1.98. The van der Waals surface area contributed by atoms with Crippen molar-refractivity contribution in [2.24, 2.45) is 0 Å². The van der Waals surface area contributed by atoms with Crippen molar-refractivity contribution in [3.63, 3.8) is 0 Å². The molecule has 0 aliphatic heterocycles. The summed E-state index contributed by atoms with van der Waals surface area (Å²) in [5, 5.41) is 0. The Morgan fingerprint density at radius 2 is 0.972 bits per heavy atom. The van der Waals surface area contributed by atoms with Gasteiger partial charge in [0.05, 0.1) is 5.56 Å². The third kappa shape index (κ3) is 5.01. The molecule has 0 N–H and O–H groups in total. The highest BCUT2D eigenvalue weighted by molar-refractivity contribution is 5.75. The summed E-state index contributed by atoms with van der Waals surface area (Å²) >= 11 is 0. The van der Waals surface area contributed by atoms with Crippen LogP contribution in [-0.4, -0.2) is 0 Å². The molecule has 0 unspecified atom stereocenters. The molecule has 36 heavy (non-hydrogen) atoms. The number of aryl methyl sites for hydroxylation is 1. The standard InChI is InChI=1S/C29H21F7/c1-2-3-4-5-16-6-8-17(9-7-16)26-22(30)12-18(13-23(26)31)20-10-11-21(28(35)27(20)34)19-14-24(32)29(36)25(33)15-19/h6-15H,2-5H2,1H3. The quantitative estimate of drug-likeness (QED) is 0.134. The van der Waals surface area contributed by atoms with Crippen molar-refractivity contribution in [1.29, 1.82) is 0 Å². The molecule has 0 saturated heterocycles. The van der Waals surface area contributed by atoms with Crippen molar-refractivity contribution >= 4 is 0 Å². The van der Waals surface area contributed by atoms with Gasteiger partial charge in [0.15, 0.2) is 29.1 Å². The molecule has 0 aliphatic rings. The molecule has 0 heterocycles. The van der Waals surface area contributed by atoms with Crippen LogP contribution in [0.1, 0.15) is 31.7 Å². The Kier molecular flexibility index (Phi) is 7.48. The second kappa shape index (κ2) is 10.6. The van der Waals surface area contributed by atoms with E-state index in [9.17, 15) is 30.7 Å². The highest BCUT2D eigenvalue weighted by Gasteiger charge is 2.21. The average Bonchev–Trinajstić information content (AvgIpc) is 2.84. The van der Waals surface area contributed by atoms with Gasteiger partial charge in [0.1, 0.15) is 11.6 Å². The summed E-state index contributed by atoms with van der Waals surface area (Å²) in [6.45, 7) is 2.10. The van der Waals surface area contributed by atoms with Crippen LogP contribution in [0, 0.1) is 40.7 Å². The zero-order chi connectivity index (χ0) is 26.0. The van der Waals surface area contributed by atoms with E-state index in [0.717, 1.165) is 55.5 Å². The maximum absolute atomic E-state index is 15.0. The van der Waals surface area contributed by atoms with Crippen LogP contribution in [0.2, 0.25) is 0 Å². The van der Waals surface area contributed by atoms with Gasteiger partial charge in [-0.15, -0.1) is 0 Å². The average molecular weight is 502 g/mol. The van der Waals surface area contributed by atoms with Crippen molar-refractivity contribution in [1.82, 2.24) is 0 Å². The first-order valence-electron chi connectivity index (χ1n) is 11.4. The first-order valence-corrected chi connectivity index (χ1v) is 11.4. The SMILES string of the molecule is CCCCCc1ccc(-c2c(F)cc(-c3ccc(-c4cc(F)c(F)c(F)c4)c(F)c3F)cc2F)cc1. The van der Waals surface area contributed by atoms with Gasteiger partial charge in [0.25, 0.3) is 0 Å². The van der Waals surface area contributed by atoms with E-state index in [1.165, 1.54) is 0 Å². The van der Waals surface area contributed by atoms with E-state index < -0.39 is 57.4 Å². The summed E-state index contributed by atoms with van der Waals surface area (Å²) in [6.07, 6.45) is 4.04. The van der Waals surface area contributed by atoms with Crippen LogP contribution in [-0.2, 0) is 6.42 Å². The first kappa shape index (κ1) is 25.5. The van der Waals surface area contributed by atoms with E-state index in [2.05, 4.69) is 6.92 Å². The zero-order valence-corrected chi connectivity index (χ0v) is 19.2. The number of hydrogen-bond acceptors (Lipinski definition) is 0. The Labute approximate surface area is 204 Å². The van der Waals surface area contributed by atoms with Crippen LogP contribution in [0.3, 0.4) is 0 Å². The number of benzene rings is 4. The fourth-order valence-electron chi connectivity index (χ4n) is 4.13. The number of hydrogen-bond donors (Lipinski definition) is 0. The van der Waals surface area contributed by atoms with Crippen molar-refractivity contribution in [3.05, 3.63) is 107 Å². The maximum Gasteiger partial charge on any atom is 0.194 e. The van der Waals surface area contributed by atoms with Gasteiger partial charge in [-0.25, -0.2) is 30.7 Å². The smallest absolute Gasteiger partial charge is 0.194 e. The topological polar surface area (TPSA) is 0 Å². The Morgan fingerprint density at radius 1 is 0.500 bits per heavy atom. The largest absolute Gasteiger partial charge is 0.206 e. The Bertz CT molecular complexity index is 1360. The van der Waals surface area contributed by atoms with E-state index in [1.807, 2.05) is 0 Å².